The van der Waals surface area contributed by atoms with Crippen molar-refractivity contribution in [1.29, 1.82) is 0 Å². The zero-order valence-corrected chi connectivity index (χ0v) is 23.8. The van der Waals surface area contributed by atoms with Crippen molar-refractivity contribution in [3.63, 3.8) is 0 Å². The highest BCUT2D eigenvalue weighted by molar-refractivity contribution is 7.92. The maximum atomic E-state index is 13.7. The third kappa shape index (κ3) is 6.99. The average molecular weight is 582 g/mol. The molecule has 4 rings (SSSR count). The maximum absolute atomic E-state index is 13.7. The molecule has 0 aliphatic carbocycles. The largest absolute Gasteiger partial charge is 0.495 e. The van der Waals surface area contributed by atoms with Crippen LogP contribution >= 0.6 is 0 Å². The van der Waals surface area contributed by atoms with Crippen LogP contribution in [-0.4, -0.2) is 65.4 Å². The van der Waals surface area contributed by atoms with Gasteiger partial charge < -0.3 is 14.4 Å². The van der Waals surface area contributed by atoms with Gasteiger partial charge >= 0.3 is 0 Å². The van der Waals surface area contributed by atoms with Crippen molar-refractivity contribution in [3.8, 4) is 5.75 Å². The molecule has 1 amide bonds. The number of amides is 1. The summed E-state index contributed by atoms with van der Waals surface area (Å²) >= 11 is 0. The number of nitrogens with zero attached hydrogens (tertiary/aromatic N) is 4. The van der Waals surface area contributed by atoms with Gasteiger partial charge in [-0.05, 0) is 49.7 Å². The SMILES string of the molecule is COc1ccc(C)cc1N(CC(=O)N/N=C\c1cc([N+](=O)[O-])ccc1N1CCOCC1)S(=O)(=O)c1ccc(C)cc1. The molecular formula is C28H31N5O7S. The second-order valence-corrected chi connectivity index (χ2v) is 11.3. The van der Waals surface area contributed by atoms with E-state index in [1.54, 1.807) is 43.3 Å². The molecule has 3 aromatic carbocycles. The molecule has 1 saturated heterocycles. The smallest absolute Gasteiger partial charge is 0.270 e. The monoisotopic (exact) mass is 581 g/mol. The van der Waals surface area contributed by atoms with Gasteiger partial charge in [-0.3, -0.25) is 19.2 Å². The molecule has 1 N–H and O–H groups in total. The van der Waals surface area contributed by atoms with Gasteiger partial charge in [-0.2, -0.15) is 5.10 Å². The lowest BCUT2D eigenvalue weighted by atomic mass is 10.1. The number of ether oxygens (including phenoxy) is 2. The number of morpholine rings is 1. The summed E-state index contributed by atoms with van der Waals surface area (Å²) in [5, 5.41) is 15.4. The second kappa shape index (κ2) is 12.8. The van der Waals surface area contributed by atoms with E-state index in [9.17, 15) is 23.3 Å². The van der Waals surface area contributed by atoms with Crippen molar-refractivity contribution in [2.24, 2.45) is 5.10 Å². The van der Waals surface area contributed by atoms with Crippen molar-refractivity contribution >= 4 is 39.2 Å². The number of hydrogen-bond donors (Lipinski definition) is 1. The number of rotatable bonds is 10. The highest BCUT2D eigenvalue weighted by Gasteiger charge is 2.29. The van der Waals surface area contributed by atoms with Crippen LogP contribution < -0.4 is 19.4 Å². The van der Waals surface area contributed by atoms with E-state index in [1.165, 1.54) is 37.6 Å². The second-order valence-electron chi connectivity index (χ2n) is 9.39. The van der Waals surface area contributed by atoms with Crippen molar-refractivity contribution in [2.75, 3.05) is 49.2 Å². The first-order valence-corrected chi connectivity index (χ1v) is 14.2. The van der Waals surface area contributed by atoms with Crippen molar-refractivity contribution in [2.45, 2.75) is 18.7 Å². The molecule has 0 bridgehead atoms. The number of methoxy groups -OCH3 is 1. The summed E-state index contributed by atoms with van der Waals surface area (Å²) in [5.74, 6) is -0.451. The Balaban J connectivity index is 1.62. The van der Waals surface area contributed by atoms with Crippen LogP contribution in [0.25, 0.3) is 0 Å². The highest BCUT2D eigenvalue weighted by Crippen LogP contribution is 2.33. The zero-order chi connectivity index (χ0) is 29.6. The van der Waals surface area contributed by atoms with Crippen LogP contribution in [0.5, 0.6) is 5.75 Å². The Kier molecular flexibility index (Phi) is 9.20. The van der Waals surface area contributed by atoms with Gasteiger partial charge in [0, 0.05) is 36.5 Å². The van der Waals surface area contributed by atoms with Gasteiger partial charge in [-0.15, -0.1) is 0 Å². The zero-order valence-electron chi connectivity index (χ0n) is 22.9. The molecular weight excluding hydrogens is 550 g/mol. The number of nitro groups is 1. The molecule has 1 heterocycles. The highest BCUT2D eigenvalue weighted by atomic mass is 32.2. The average Bonchev–Trinajstić information content (AvgIpc) is 2.96. The molecule has 0 aromatic heterocycles. The van der Waals surface area contributed by atoms with E-state index in [-0.39, 0.29) is 22.0 Å². The summed E-state index contributed by atoms with van der Waals surface area (Å²) < 4.78 is 39.3. The number of hydrogen-bond acceptors (Lipinski definition) is 9. The minimum Gasteiger partial charge on any atom is -0.495 e. The Hall–Kier alpha value is -4.49. The number of anilines is 2. The predicted molar refractivity (Wildman–Crippen MR) is 155 cm³/mol. The molecule has 0 saturated carbocycles. The Morgan fingerprint density at radius 2 is 1.78 bits per heavy atom. The van der Waals surface area contributed by atoms with Gasteiger partial charge in [0.05, 0.1) is 42.0 Å². The van der Waals surface area contributed by atoms with Crippen LogP contribution in [0, 0.1) is 24.0 Å². The van der Waals surface area contributed by atoms with Crippen molar-refractivity contribution in [1.82, 2.24) is 5.43 Å². The quantitative estimate of drug-likeness (QED) is 0.218. The van der Waals surface area contributed by atoms with Crippen LogP contribution in [-0.2, 0) is 19.6 Å². The third-order valence-corrected chi connectivity index (χ3v) is 8.24. The van der Waals surface area contributed by atoms with E-state index in [0.717, 1.165) is 15.4 Å². The topological polar surface area (TPSA) is 144 Å². The summed E-state index contributed by atoms with van der Waals surface area (Å²) in [6.45, 7) is 5.25. The van der Waals surface area contributed by atoms with Gasteiger partial charge in [0.15, 0.2) is 0 Å². The van der Waals surface area contributed by atoms with Gasteiger partial charge in [0.2, 0.25) is 0 Å². The molecule has 41 heavy (non-hydrogen) atoms. The molecule has 0 unspecified atom stereocenters. The summed E-state index contributed by atoms with van der Waals surface area (Å²) in [6, 6.07) is 15.7. The summed E-state index contributed by atoms with van der Waals surface area (Å²) in [6.07, 6.45) is 1.31. The Bertz CT molecular complexity index is 1550. The van der Waals surface area contributed by atoms with E-state index >= 15 is 0 Å². The molecule has 216 valence electrons. The van der Waals surface area contributed by atoms with Crippen LogP contribution in [0.3, 0.4) is 0 Å². The van der Waals surface area contributed by atoms with Crippen molar-refractivity contribution in [3.05, 3.63) is 87.5 Å². The van der Waals surface area contributed by atoms with Gasteiger partial charge in [-0.1, -0.05) is 23.8 Å². The first-order chi connectivity index (χ1) is 19.6. The summed E-state index contributed by atoms with van der Waals surface area (Å²) in [7, 11) is -2.76. The molecule has 0 spiro atoms. The number of carbonyl (C=O) groups is 1. The molecule has 12 nitrogen and oxygen atoms in total. The Morgan fingerprint density at radius 1 is 1.10 bits per heavy atom. The molecule has 0 radical (unpaired) electrons. The van der Waals surface area contributed by atoms with E-state index in [0.29, 0.717) is 37.6 Å². The first kappa shape index (κ1) is 29.5. The van der Waals surface area contributed by atoms with E-state index < -0.39 is 27.4 Å². The lowest BCUT2D eigenvalue weighted by Gasteiger charge is -2.29. The minimum absolute atomic E-state index is 0.00899. The third-order valence-electron chi connectivity index (χ3n) is 6.47. The molecule has 3 aromatic rings. The van der Waals surface area contributed by atoms with Gasteiger partial charge in [-0.25, -0.2) is 13.8 Å². The number of non-ortho nitro benzene ring substituents is 1. The molecule has 1 aliphatic heterocycles. The van der Waals surface area contributed by atoms with Gasteiger partial charge in [0.1, 0.15) is 12.3 Å². The van der Waals surface area contributed by atoms with Crippen LogP contribution in [0.4, 0.5) is 17.1 Å². The van der Waals surface area contributed by atoms with Crippen LogP contribution in [0.15, 0.2) is 70.7 Å². The predicted octanol–water partition coefficient (Wildman–Crippen LogP) is 3.40. The number of sulfonamides is 1. The number of nitrogens with one attached hydrogen (secondary N) is 1. The number of benzene rings is 3. The normalized spacial score (nSPS) is 13.7. The number of hydrazone groups is 1. The van der Waals surface area contributed by atoms with E-state index in [2.05, 4.69) is 10.5 Å². The fourth-order valence-corrected chi connectivity index (χ4v) is 5.75. The first-order valence-electron chi connectivity index (χ1n) is 12.8. The standard InChI is InChI=1S/C28H31N5O7S/c1-20-4-8-24(9-5-20)41(37,38)32(26-16-21(2)6-11-27(26)39-3)19-28(34)30-29-18-22-17-23(33(35)36)7-10-25(22)31-12-14-40-15-13-31/h4-11,16-18H,12-15,19H2,1-3H3,(H,30,34)/b29-18-. The minimum atomic E-state index is -4.18. The van der Waals surface area contributed by atoms with Gasteiger partial charge in [0.25, 0.3) is 21.6 Å². The number of carbonyl (C=O) groups excluding carboxylic acids is 1. The molecule has 0 atom stereocenters. The number of aryl methyl sites for hydroxylation is 2. The Labute approximate surface area is 238 Å². The van der Waals surface area contributed by atoms with Crippen LogP contribution in [0.1, 0.15) is 16.7 Å². The number of nitro benzene ring substituents is 1. The summed E-state index contributed by atoms with van der Waals surface area (Å²) in [5.41, 5.74) is 5.20. The van der Waals surface area contributed by atoms with E-state index in [4.69, 9.17) is 9.47 Å². The van der Waals surface area contributed by atoms with E-state index in [1.807, 2.05) is 11.8 Å². The fraction of sp³-hybridized carbons (Fsp3) is 0.286. The maximum Gasteiger partial charge on any atom is 0.270 e. The summed E-state index contributed by atoms with van der Waals surface area (Å²) in [4.78, 5) is 26.0. The Morgan fingerprint density at radius 3 is 2.44 bits per heavy atom. The van der Waals surface area contributed by atoms with Crippen LogP contribution in [0.2, 0.25) is 0 Å². The fourth-order valence-electron chi connectivity index (χ4n) is 4.32. The van der Waals surface area contributed by atoms with Crippen molar-refractivity contribution < 1.29 is 27.6 Å². The molecule has 13 heteroatoms. The molecule has 1 aliphatic rings. The lowest BCUT2D eigenvalue weighted by Crippen LogP contribution is -2.40. The molecule has 1 fully saturated rings. The lowest BCUT2D eigenvalue weighted by molar-refractivity contribution is -0.384.